The van der Waals surface area contributed by atoms with Crippen molar-refractivity contribution in [3.8, 4) is 0 Å². The van der Waals surface area contributed by atoms with Crippen molar-refractivity contribution < 1.29 is 19.8 Å². The first-order chi connectivity index (χ1) is 9.41. The van der Waals surface area contributed by atoms with Gasteiger partial charge in [0.25, 0.3) is 5.91 Å². The lowest BCUT2D eigenvalue weighted by Crippen LogP contribution is -2.43. The molecule has 0 bridgehead atoms. The van der Waals surface area contributed by atoms with Gasteiger partial charge in [-0.05, 0) is 37.8 Å². The summed E-state index contributed by atoms with van der Waals surface area (Å²) in [6, 6.07) is 3.47. The maximum atomic E-state index is 12.6. The SMILES string of the molecule is Cc1ccc(C)c(C(=O)N2CCCC(O)C2)c1C(=O)O. The van der Waals surface area contributed by atoms with Crippen molar-refractivity contribution in [2.75, 3.05) is 13.1 Å². The Morgan fingerprint density at radius 2 is 1.80 bits per heavy atom. The third-order valence-electron chi connectivity index (χ3n) is 3.73. The molecule has 0 saturated carbocycles. The molecule has 1 saturated heterocycles. The van der Waals surface area contributed by atoms with E-state index in [-0.39, 0.29) is 23.6 Å². The number of piperidine rings is 1. The fraction of sp³-hybridized carbons (Fsp3) is 0.467. The van der Waals surface area contributed by atoms with Crippen LogP contribution in [0, 0.1) is 13.8 Å². The van der Waals surface area contributed by atoms with Crippen LogP contribution >= 0.6 is 0 Å². The Balaban J connectivity index is 2.43. The number of carbonyl (C=O) groups is 2. The van der Waals surface area contributed by atoms with Gasteiger partial charge >= 0.3 is 5.97 Å². The summed E-state index contributed by atoms with van der Waals surface area (Å²) in [5.74, 6) is -1.39. The van der Waals surface area contributed by atoms with Crippen LogP contribution < -0.4 is 0 Å². The Hall–Kier alpha value is -1.88. The molecule has 1 atom stereocenters. The van der Waals surface area contributed by atoms with Crippen LogP contribution in [0.4, 0.5) is 0 Å². The normalized spacial score (nSPS) is 18.9. The monoisotopic (exact) mass is 277 g/mol. The van der Waals surface area contributed by atoms with E-state index >= 15 is 0 Å². The van der Waals surface area contributed by atoms with E-state index in [9.17, 15) is 19.8 Å². The van der Waals surface area contributed by atoms with Crippen molar-refractivity contribution >= 4 is 11.9 Å². The topological polar surface area (TPSA) is 77.8 Å². The van der Waals surface area contributed by atoms with E-state index in [1.165, 1.54) is 0 Å². The van der Waals surface area contributed by atoms with E-state index in [4.69, 9.17) is 0 Å². The summed E-state index contributed by atoms with van der Waals surface area (Å²) in [6.07, 6.45) is 0.897. The third-order valence-corrected chi connectivity index (χ3v) is 3.73. The minimum absolute atomic E-state index is 0.0649. The zero-order valence-corrected chi connectivity index (χ0v) is 11.7. The molecule has 108 valence electrons. The number of amides is 1. The second-order valence-corrected chi connectivity index (χ2v) is 5.30. The molecule has 1 heterocycles. The molecular formula is C15H19NO4. The number of aromatic carboxylic acids is 1. The van der Waals surface area contributed by atoms with E-state index in [0.717, 1.165) is 6.42 Å². The van der Waals surface area contributed by atoms with E-state index in [1.54, 1.807) is 30.9 Å². The molecule has 5 heteroatoms. The van der Waals surface area contributed by atoms with Crippen LogP contribution in [-0.4, -0.2) is 46.2 Å². The molecule has 0 aliphatic carbocycles. The van der Waals surface area contributed by atoms with Gasteiger partial charge in [-0.25, -0.2) is 4.79 Å². The minimum atomic E-state index is -1.09. The van der Waals surface area contributed by atoms with Gasteiger partial charge in [-0.2, -0.15) is 0 Å². The highest BCUT2D eigenvalue weighted by molar-refractivity contribution is 6.06. The second kappa shape index (κ2) is 5.63. The van der Waals surface area contributed by atoms with Gasteiger partial charge in [-0.15, -0.1) is 0 Å². The Labute approximate surface area is 117 Å². The minimum Gasteiger partial charge on any atom is -0.478 e. The molecule has 5 nitrogen and oxygen atoms in total. The highest BCUT2D eigenvalue weighted by Crippen LogP contribution is 2.22. The molecule has 1 unspecified atom stereocenters. The fourth-order valence-electron chi connectivity index (χ4n) is 2.66. The number of hydrogen-bond acceptors (Lipinski definition) is 3. The van der Waals surface area contributed by atoms with Crippen LogP contribution in [0.3, 0.4) is 0 Å². The van der Waals surface area contributed by atoms with Gasteiger partial charge in [0, 0.05) is 13.1 Å². The van der Waals surface area contributed by atoms with Crippen molar-refractivity contribution in [1.82, 2.24) is 4.90 Å². The summed E-state index contributed by atoms with van der Waals surface area (Å²) in [5.41, 5.74) is 1.53. The number of hydrogen-bond donors (Lipinski definition) is 2. The number of aliphatic hydroxyl groups excluding tert-OH is 1. The lowest BCUT2D eigenvalue weighted by atomic mass is 9.95. The summed E-state index contributed by atoms with van der Waals surface area (Å²) in [6.45, 7) is 4.25. The van der Waals surface area contributed by atoms with E-state index < -0.39 is 12.1 Å². The van der Waals surface area contributed by atoms with E-state index in [0.29, 0.717) is 24.1 Å². The maximum Gasteiger partial charge on any atom is 0.336 e. The van der Waals surface area contributed by atoms with Gasteiger partial charge in [-0.3, -0.25) is 4.79 Å². The van der Waals surface area contributed by atoms with Gasteiger partial charge in [0.1, 0.15) is 0 Å². The molecule has 1 aromatic carbocycles. The summed E-state index contributed by atoms with van der Waals surface area (Å²) in [7, 11) is 0. The predicted molar refractivity (Wildman–Crippen MR) is 74.0 cm³/mol. The number of likely N-dealkylation sites (tertiary alicyclic amines) is 1. The molecule has 0 radical (unpaired) electrons. The van der Waals surface area contributed by atoms with Crippen LogP contribution in [0.25, 0.3) is 0 Å². The quantitative estimate of drug-likeness (QED) is 0.860. The van der Waals surface area contributed by atoms with E-state index in [1.807, 2.05) is 0 Å². The number of carboxylic acids is 1. The van der Waals surface area contributed by atoms with Gasteiger partial charge < -0.3 is 15.1 Å². The highest BCUT2D eigenvalue weighted by atomic mass is 16.4. The molecule has 20 heavy (non-hydrogen) atoms. The highest BCUT2D eigenvalue weighted by Gasteiger charge is 2.28. The molecule has 2 N–H and O–H groups in total. The molecule has 1 aliphatic rings. The first-order valence-corrected chi connectivity index (χ1v) is 6.72. The Morgan fingerprint density at radius 3 is 2.35 bits per heavy atom. The number of aryl methyl sites for hydroxylation is 2. The number of β-amino-alcohol motifs (C(OH)–C–C–N with tert-alkyl or cyclic N) is 1. The lowest BCUT2D eigenvalue weighted by molar-refractivity contribution is 0.0467. The average molecular weight is 277 g/mol. The first-order valence-electron chi connectivity index (χ1n) is 6.72. The van der Waals surface area contributed by atoms with Gasteiger partial charge in [0.15, 0.2) is 0 Å². The number of carboxylic acid groups (broad SMARTS) is 1. The number of rotatable bonds is 2. The second-order valence-electron chi connectivity index (χ2n) is 5.30. The maximum absolute atomic E-state index is 12.6. The smallest absolute Gasteiger partial charge is 0.336 e. The van der Waals surface area contributed by atoms with Crippen molar-refractivity contribution in [3.63, 3.8) is 0 Å². The van der Waals surface area contributed by atoms with E-state index in [2.05, 4.69) is 0 Å². The molecule has 1 aromatic rings. The van der Waals surface area contributed by atoms with Crippen LogP contribution in [0.15, 0.2) is 12.1 Å². The summed E-state index contributed by atoms with van der Waals surface area (Å²) >= 11 is 0. The van der Waals surface area contributed by atoms with Crippen molar-refractivity contribution in [1.29, 1.82) is 0 Å². The average Bonchev–Trinajstić information content (AvgIpc) is 2.40. The molecule has 0 spiro atoms. The zero-order chi connectivity index (χ0) is 14.9. The molecule has 1 fully saturated rings. The molecule has 0 aromatic heterocycles. The Kier molecular flexibility index (Phi) is 4.09. The van der Waals surface area contributed by atoms with Crippen molar-refractivity contribution in [3.05, 3.63) is 34.4 Å². The number of aliphatic hydroxyl groups is 1. The van der Waals surface area contributed by atoms with Crippen LogP contribution in [0.2, 0.25) is 0 Å². The molecular weight excluding hydrogens is 258 g/mol. The van der Waals surface area contributed by atoms with Gasteiger partial charge in [0.2, 0.25) is 0 Å². The third kappa shape index (κ3) is 2.67. The summed E-state index contributed by atoms with van der Waals surface area (Å²) in [4.78, 5) is 25.6. The molecule has 2 rings (SSSR count). The number of carbonyl (C=O) groups excluding carboxylic acids is 1. The summed E-state index contributed by atoms with van der Waals surface area (Å²) < 4.78 is 0. The van der Waals surface area contributed by atoms with Crippen molar-refractivity contribution in [2.45, 2.75) is 32.8 Å². The van der Waals surface area contributed by atoms with Crippen LogP contribution in [0.5, 0.6) is 0 Å². The zero-order valence-electron chi connectivity index (χ0n) is 11.7. The number of benzene rings is 1. The Morgan fingerprint density at radius 1 is 1.20 bits per heavy atom. The van der Waals surface area contributed by atoms with Crippen LogP contribution in [-0.2, 0) is 0 Å². The van der Waals surface area contributed by atoms with Gasteiger partial charge in [-0.1, -0.05) is 12.1 Å². The lowest BCUT2D eigenvalue weighted by Gasteiger charge is -2.31. The number of nitrogens with zero attached hydrogens (tertiary/aromatic N) is 1. The van der Waals surface area contributed by atoms with Crippen molar-refractivity contribution in [2.24, 2.45) is 0 Å². The largest absolute Gasteiger partial charge is 0.478 e. The molecule has 1 aliphatic heterocycles. The van der Waals surface area contributed by atoms with Gasteiger partial charge in [0.05, 0.1) is 17.2 Å². The summed E-state index contributed by atoms with van der Waals surface area (Å²) in [5, 5.41) is 19.0. The molecule has 1 amide bonds. The standard InChI is InChI=1S/C15H19NO4/c1-9-5-6-10(2)13(15(19)20)12(9)14(18)16-7-3-4-11(17)8-16/h5-6,11,17H,3-4,7-8H2,1-2H3,(H,19,20). The fourth-order valence-corrected chi connectivity index (χ4v) is 2.66. The van der Waals surface area contributed by atoms with Crippen LogP contribution in [0.1, 0.15) is 44.7 Å². The first kappa shape index (κ1) is 14.5. The Bertz CT molecular complexity index is 553. The predicted octanol–water partition coefficient (Wildman–Crippen LogP) is 1.60.